The van der Waals surface area contributed by atoms with E-state index in [0.29, 0.717) is 29.5 Å². The summed E-state index contributed by atoms with van der Waals surface area (Å²) in [6.07, 6.45) is 3.12. The average Bonchev–Trinajstić information content (AvgIpc) is 2.73. The van der Waals surface area contributed by atoms with Crippen molar-refractivity contribution in [2.24, 2.45) is 0 Å². The second kappa shape index (κ2) is 8.30. The predicted octanol–water partition coefficient (Wildman–Crippen LogP) is 3.74. The van der Waals surface area contributed by atoms with Crippen molar-refractivity contribution in [3.8, 4) is 11.8 Å². The van der Waals surface area contributed by atoms with Crippen LogP contribution in [0.1, 0.15) is 49.4 Å². The minimum absolute atomic E-state index is 0.365. The maximum atomic E-state index is 12.7. The Balaban J connectivity index is 1.75. The molecule has 1 aliphatic carbocycles. The zero-order valence-corrected chi connectivity index (χ0v) is 16.2. The number of esters is 1. The van der Waals surface area contributed by atoms with Gasteiger partial charge in [0.1, 0.15) is 11.3 Å². The van der Waals surface area contributed by atoms with E-state index in [1.165, 1.54) is 6.92 Å². The Morgan fingerprint density at radius 3 is 2.43 bits per heavy atom. The number of methoxy groups -OCH3 is 1. The van der Waals surface area contributed by atoms with Gasteiger partial charge in [0.05, 0.1) is 18.7 Å². The number of ether oxygens (including phenoxy) is 2. The van der Waals surface area contributed by atoms with Gasteiger partial charge in [-0.15, -0.1) is 0 Å². The van der Waals surface area contributed by atoms with Crippen LogP contribution < -0.4 is 10.1 Å². The van der Waals surface area contributed by atoms with Crippen LogP contribution in [0.15, 0.2) is 36.4 Å². The van der Waals surface area contributed by atoms with E-state index in [9.17, 15) is 14.9 Å². The molecule has 0 aliphatic heterocycles. The standard InChI is InChI=1S/C22H24N2O4/c1-15(20(25)24-22(14-23)12-6-3-7-13-22)28-21(26)18-10-11-19(27-2)17-9-5-4-8-16(17)18/h4-5,8-11,15H,3,6-7,12-13H2,1-2H3,(H,24,25)/t15-/m1/s1. The van der Waals surface area contributed by atoms with E-state index in [4.69, 9.17) is 9.47 Å². The van der Waals surface area contributed by atoms with Crippen LogP contribution in [-0.2, 0) is 9.53 Å². The highest BCUT2D eigenvalue weighted by Gasteiger charge is 2.35. The third-order valence-electron chi connectivity index (χ3n) is 5.26. The average molecular weight is 380 g/mol. The van der Waals surface area contributed by atoms with Gasteiger partial charge in [-0.2, -0.15) is 5.26 Å². The summed E-state index contributed by atoms with van der Waals surface area (Å²) < 4.78 is 10.8. The number of nitrogens with zero attached hydrogens (tertiary/aromatic N) is 1. The molecule has 2 aromatic rings. The van der Waals surface area contributed by atoms with Gasteiger partial charge < -0.3 is 14.8 Å². The molecule has 146 valence electrons. The second-order valence-corrected chi connectivity index (χ2v) is 7.15. The number of nitriles is 1. The Hall–Kier alpha value is -3.07. The van der Waals surface area contributed by atoms with Gasteiger partial charge >= 0.3 is 5.97 Å². The Morgan fingerprint density at radius 1 is 1.11 bits per heavy atom. The van der Waals surface area contributed by atoms with Crippen LogP contribution in [0.25, 0.3) is 10.8 Å². The molecule has 0 heterocycles. The molecule has 6 heteroatoms. The highest BCUT2D eigenvalue weighted by atomic mass is 16.5. The van der Waals surface area contributed by atoms with Crippen molar-refractivity contribution in [3.05, 3.63) is 42.0 Å². The van der Waals surface area contributed by atoms with Crippen molar-refractivity contribution in [2.75, 3.05) is 7.11 Å². The largest absolute Gasteiger partial charge is 0.496 e. The SMILES string of the molecule is COc1ccc(C(=O)O[C@H](C)C(=O)NC2(C#N)CCCCC2)c2ccccc12. The van der Waals surface area contributed by atoms with E-state index in [-0.39, 0.29) is 0 Å². The van der Waals surface area contributed by atoms with Crippen LogP contribution in [0.3, 0.4) is 0 Å². The predicted molar refractivity (Wildman–Crippen MR) is 105 cm³/mol. The van der Waals surface area contributed by atoms with Gasteiger partial charge in [-0.05, 0) is 37.3 Å². The van der Waals surface area contributed by atoms with Crippen molar-refractivity contribution < 1.29 is 19.1 Å². The fourth-order valence-corrected chi connectivity index (χ4v) is 3.66. The van der Waals surface area contributed by atoms with Crippen LogP contribution >= 0.6 is 0 Å². The van der Waals surface area contributed by atoms with Gasteiger partial charge in [-0.1, -0.05) is 43.5 Å². The second-order valence-electron chi connectivity index (χ2n) is 7.15. The number of nitrogens with one attached hydrogen (secondary N) is 1. The van der Waals surface area contributed by atoms with Gasteiger partial charge in [0.15, 0.2) is 6.10 Å². The molecule has 28 heavy (non-hydrogen) atoms. The topological polar surface area (TPSA) is 88.4 Å². The van der Waals surface area contributed by atoms with Crippen molar-refractivity contribution in [2.45, 2.75) is 50.7 Å². The van der Waals surface area contributed by atoms with Gasteiger partial charge in [-0.3, -0.25) is 4.79 Å². The molecule has 1 fully saturated rings. The molecule has 0 bridgehead atoms. The fourth-order valence-electron chi connectivity index (χ4n) is 3.66. The Labute approximate surface area is 164 Å². The molecule has 1 aliphatic rings. The van der Waals surface area contributed by atoms with Gasteiger partial charge in [0.2, 0.25) is 0 Å². The Bertz CT molecular complexity index is 926. The molecule has 0 radical (unpaired) electrons. The minimum Gasteiger partial charge on any atom is -0.496 e. The van der Waals surface area contributed by atoms with Crippen LogP contribution in [-0.4, -0.2) is 30.6 Å². The molecule has 2 aromatic carbocycles. The lowest BCUT2D eigenvalue weighted by Gasteiger charge is -2.32. The lowest BCUT2D eigenvalue weighted by Crippen LogP contribution is -2.52. The number of carbonyl (C=O) groups excluding carboxylic acids is 2. The molecule has 1 amide bonds. The highest BCUT2D eigenvalue weighted by molar-refractivity contribution is 6.07. The summed E-state index contributed by atoms with van der Waals surface area (Å²) in [6, 6.07) is 12.9. The molecular weight excluding hydrogens is 356 g/mol. The van der Waals surface area contributed by atoms with Gasteiger partial charge in [0.25, 0.3) is 5.91 Å². The van der Waals surface area contributed by atoms with E-state index in [1.807, 2.05) is 24.3 Å². The molecule has 0 spiro atoms. The first-order valence-corrected chi connectivity index (χ1v) is 9.50. The van der Waals surface area contributed by atoms with Gasteiger partial charge in [-0.25, -0.2) is 4.79 Å². The number of hydrogen-bond donors (Lipinski definition) is 1. The number of hydrogen-bond acceptors (Lipinski definition) is 5. The van der Waals surface area contributed by atoms with E-state index < -0.39 is 23.5 Å². The van der Waals surface area contributed by atoms with Crippen LogP contribution in [0.2, 0.25) is 0 Å². The van der Waals surface area contributed by atoms with Crippen molar-refractivity contribution >= 4 is 22.6 Å². The number of amides is 1. The molecule has 0 aromatic heterocycles. The third-order valence-corrected chi connectivity index (χ3v) is 5.26. The maximum Gasteiger partial charge on any atom is 0.339 e. The maximum absolute atomic E-state index is 12.7. The molecule has 1 atom stereocenters. The molecular formula is C22H24N2O4. The fraction of sp³-hybridized carbons (Fsp3) is 0.409. The smallest absolute Gasteiger partial charge is 0.339 e. The van der Waals surface area contributed by atoms with E-state index in [0.717, 1.165) is 24.6 Å². The number of benzene rings is 2. The number of rotatable bonds is 5. The first-order chi connectivity index (χ1) is 13.5. The molecule has 6 nitrogen and oxygen atoms in total. The quantitative estimate of drug-likeness (QED) is 0.799. The molecule has 0 saturated heterocycles. The zero-order chi connectivity index (χ0) is 20.1. The van der Waals surface area contributed by atoms with Crippen LogP contribution in [0.4, 0.5) is 0 Å². The lowest BCUT2D eigenvalue weighted by atomic mass is 9.83. The summed E-state index contributed by atoms with van der Waals surface area (Å²) in [5.74, 6) is -0.378. The summed E-state index contributed by atoms with van der Waals surface area (Å²) >= 11 is 0. The number of carbonyl (C=O) groups is 2. The monoisotopic (exact) mass is 380 g/mol. The van der Waals surface area contributed by atoms with Crippen molar-refractivity contribution in [1.82, 2.24) is 5.32 Å². The summed E-state index contributed by atoms with van der Waals surface area (Å²) in [4.78, 5) is 25.3. The van der Waals surface area contributed by atoms with E-state index in [1.54, 1.807) is 19.2 Å². The highest BCUT2D eigenvalue weighted by Crippen LogP contribution is 2.30. The molecule has 1 saturated carbocycles. The normalized spacial score (nSPS) is 16.6. The Morgan fingerprint density at radius 2 is 1.79 bits per heavy atom. The van der Waals surface area contributed by atoms with Crippen molar-refractivity contribution in [3.63, 3.8) is 0 Å². The first kappa shape index (κ1) is 19.7. The van der Waals surface area contributed by atoms with Crippen LogP contribution in [0.5, 0.6) is 5.75 Å². The number of fused-ring (bicyclic) bond motifs is 1. The summed E-state index contributed by atoms with van der Waals surface area (Å²) in [6.45, 7) is 1.52. The van der Waals surface area contributed by atoms with E-state index in [2.05, 4.69) is 11.4 Å². The molecule has 1 N–H and O–H groups in total. The minimum atomic E-state index is -1.000. The summed E-state index contributed by atoms with van der Waals surface area (Å²) in [7, 11) is 1.57. The summed E-state index contributed by atoms with van der Waals surface area (Å²) in [5.41, 5.74) is -0.494. The molecule has 3 rings (SSSR count). The summed E-state index contributed by atoms with van der Waals surface area (Å²) in [5, 5.41) is 13.8. The van der Waals surface area contributed by atoms with Crippen LogP contribution in [0, 0.1) is 11.3 Å². The zero-order valence-electron chi connectivity index (χ0n) is 16.2. The van der Waals surface area contributed by atoms with Gasteiger partial charge in [0, 0.05) is 5.39 Å². The Kier molecular flexibility index (Phi) is 5.84. The first-order valence-electron chi connectivity index (χ1n) is 9.50. The molecule has 0 unspecified atom stereocenters. The van der Waals surface area contributed by atoms with E-state index >= 15 is 0 Å². The lowest BCUT2D eigenvalue weighted by molar-refractivity contribution is -0.130. The van der Waals surface area contributed by atoms with Crippen molar-refractivity contribution in [1.29, 1.82) is 5.26 Å². The third kappa shape index (κ3) is 3.94.